The summed E-state index contributed by atoms with van der Waals surface area (Å²) >= 11 is 0. The first-order valence-corrected chi connectivity index (χ1v) is 4.54. The van der Waals surface area contributed by atoms with Crippen molar-refractivity contribution >= 4 is 5.78 Å². The van der Waals surface area contributed by atoms with Crippen LogP contribution in [0, 0.1) is 11.3 Å². The average molecular weight is 188 g/mol. The van der Waals surface area contributed by atoms with Gasteiger partial charge in [0.15, 0.2) is 0 Å². The van der Waals surface area contributed by atoms with E-state index in [-0.39, 0.29) is 11.7 Å². The van der Waals surface area contributed by atoms with Gasteiger partial charge in [-0.15, -0.1) is 0 Å². The smallest absolute Gasteiger partial charge is 0.138 e. The molecule has 0 aliphatic heterocycles. The van der Waals surface area contributed by atoms with Gasteiger partial charge in [-0.3, -0.25) is 9.78 Å². The fraction of sp³-hybridized carbons (Fsp3) is 0.364. The van der Waals surface area contributed by atoms with Crippen molar-refractivity contribution in [2.45, 2.75) is 25.7 Å². The van der Waals surface area contributed by atoms with Crippen molar-refractivity contribution in [1.82, 2.24) is 4.98 Å². The number of carbonyl (C=O) groups is 1. The van der Waals surface area contributed by atoms with Crippen LogP contribution in [-0.4, -0.2) is 10.8 Å². The van der Waals surface area contributed by atoms with Crippen molar-refractivity contribution in [3.05, 3.63) is 30.1 Å². The molecule has 0 saturated heterocycles. The maximum Gasteiger partial charge on any atom is 0.138 e. The number of nitrogens with zero attached hydrogens (tertiary/aromatic N) is 2. The third kappa shape index (κ3) is 2.67. The molecule has 1 rings (SSSR count). The summed E-state index contributed by atoms with van der Waals surface area (Å²) in [6.45, 7) is 1.54. The number of aromatic nitrogens is 1. The van der Waals surface area contributed by atoms with Crippen LogP contribution in [0.2, 0.25) is 0 Å². The lowest BCUT2D eigenvalue weighted by Crippen LogP contribution is -2.10. The number of rotatable bonds is 4. The molecule has 1 unspecified atom stereocenters. The highest BCUT2D eigenvalue weighted by atomic mass is 16.1. The second-order valence-corrected chi connectivity index (χ2v) is 3.11. The Labute approximate surface area is 83.4 Å². The molecule has 1 atom stereocenters. The minimum Gasteiger partial charge on any atom is -0.299 e. The molecule has 0 aromatic carbocycles. The number of hydrogen-bond donors (Lipinski definition) is 0. The number of nitriles is 1. The Hall–Kier alpha value is -1.69. The van der Waals surface area contributed by atoms with Crippen molar-refractivity contribution in [2.75, 3.05) is 0 Å². The predicted octanol–water partition coefficient (Wildman–Crippen LogP) is 2.06. The molecule has 3 nitrogen and oxygen atoms in total. The summed E-state index contributed by atoms with van der Waals surface area (Å²) in [5.41, 5.74) is 0.759. The molecule has 1 aromatic heterocycles. The molecule has 0 amide bonds. The summed E-state index contributed by atoms with van der Waals surface area (Å²) in [5, 5.41) is 8.46. The lowest BCUT2D eigenvalue weighted by atomic mass is 9.95. The molecular weight excluding hydrogens is 176 g/mol. The van der Waals surface area contributed by atoms with E-state index < -0.39 is 0 Å². The summed E-state index contributed by atoms with van der Waals surface area (Å²) in [7, 11) is 0. The van der Waals surface area contributed by atoms with E-state index in [1.165, 1.54) is 6.92 Å². The highest BCUT2D eigenvalue weighted by Gasteiger charge is 2.16. The fourth-order valence-electron chi connectivity index (χ4n) is 1.35. The van der Waals surface area contributed by atoms with Crippen LogP contribution < -0.4 is 0 Å². The Kier molecular flexibility index (Phi) is 3.81. The largest absolute Gasteiger partial charge is 0.299 e. The van der Waals surface area contributed by atoms with Crippen molar-refractivity contribution in [1.29, 1.82) is 5.26 Å². The van der Waals surface area contributed by atoms with E-state index in [9.17, 15) is 4.79 Å². The highest BCUT2D eigenvalue weighted by molar-refractivity contribution is 5.82. The maximum atomic E-state index is 11.3. The van der Waals surface area contributed by atoms with Crippen LogP contribution in [0.15, 0.2) is 24.4 Å². The monoisotopic (exact) mass is 188 g/mol. The molecule has 0 spiro atoms. The normalized spacial score (nSPS) is 11.7. The Morgan fingerprint density at radius 1 is 1.64 bits per heavy atom. The second kappa shape index (κ2) is 5.13. The van der Waals surface area contributed by atoms with Crippen molar-refractivity contribution in [2.24, 2.45) is 0 Å². The van der Waals surface area contributed by atoms with Crippen LogP contribution in [0.25, 0.3) is 0 Å². The van der Waals surface area contributed by atoms with Crippen LogP contribution in [0.3, 0.4) is 0 Å². The lowest BCUT2D eigenvalue weighted by molar-refractivity contribution is -0.118. The summed E-state index contributed by atoms with van der Waals surface area (Å²) < 4.78 is 0. The molecule has 0 aliphatic carbocycles. The SMILES string of the molecule is CC(=O)C(CCC#N)c1ccccn1. The first kappa shape index (κ1) is 10.4. The van der Waals surface area contributed by atoms with Crippen molar-refractivity contribution in [3.8, 4) is 6.07 Å². The summed E-state index contributed by atoms with van der Waals surface area (Å²) in [6, 6.07) is 7.53. The van der Waals surface area contributed by atoms with Gasteiger partial charge in [-0.25, -0.2) is 0 Å². The predicted molar refractivity (Wildman–Crippen MR) is 52.5 cm³/mol. The standard InChI is InChI=1S/C11H12N2O/c1-9(14)10(5-4-7-12)11-6-2-3-8-13-11/h2-3,6,8,10H,4-5H2,1H3. The molecule has 0 radical (unpaired) electrons. The minimum atomic E-state index is -0.226. The average Bonchev–Trinajstić information content (AvgIpc) is 2.19. The lowest BCUT2D eigenvalue weighted by Gasteiger charge is -2.10. The first-order chi connectivity index (χ1) is 6.75. The van der Waals surface area contributed by atoms with Crippen molar-refractivity contribution in [3.63, 3.8) is 0 Å². The molecule has 0 bridgehead atoms. The van der Waals surface area contributed by atoms with E-state index in [4.69, 9.17) is 5.26 Å². The third-order valence-corrected chi connectivity index (χ3v) is 2.08. The van der Waals surface area contributed by atoms with E-state index in [1.807, 2.05) is 24.3 Å². The Morgan fingerprint density at radius 2 is 2.43 bits per heavy atom. The van der Waals surface area contributed by atoms with E-state index in [0.29, 0.717) is 12.8 Å². The topological polar surface area (TPSA) is 53.8 Å². The van der Waals surface area contributed by atoms with Gasteiger partial charge in [0.05, 0.1) is 17.7 Å². The number of Topliss-reactive ketones (excluding diaryl/α,β-unsaturated/α-hetero) is 1. The molecule has 0 fully saturated rings. The van der Waals surface area contributed by atoms with Gasteiger partial charge in [0, 0.05) is 12.6 Å². The summed E-state index contributed by atoms with van der Waals surface area (Å²) in [4.78, 5) is 15.4. The molecule has 14 heavy (non-hydrogen) atoms. The van der Waals surface area contributed by atoms with Gasteiger partial charge in [-0.2, -0.15) is 5.26 Å². The summed E-state index contributed by atoms with van der Waals surface area (Å²) in [5.74, 6) is -0.158. The van der Waals surface area contributed by atoms with Crippen molar-refractivity contribution < 1.29 is 4.79 Å². The van der Waals surface area contributed by atoms with Gasteiger partial charge in [-0.1, -0.05) is 6.07 Å². The maximum absolute atomic E-state index is 11.3. The minimum absolute atomic E-state index is 0.0685. The molecule has 0 saturated carbocycles. The Morgan fingerprint density at radius 3 is 2.93 bits per heavy atom. The van der Waals surface area contributed by atoms with Crippen LogP contribution >= 0.6 is 0 Å². The first-order valence-electron chi connectivity index (χ1n) is 4.54. The zero-order valence-electron chi connectivity index (χ0n) is 8.10. The second-order valence-electron chi connectivity index (χ2n) is 3.11. The zero-order valence-corrected chi connectivity index (χ0v) is 8.10. The molecule has 3 heteroatoms. The van der Waals surface area contributed by atoms with E-state index in [0.717, 1.165) is 5.69 Å². The van der Waals surface area contributed by atoms with Gasteiger partial charge in [0.2, 0.25) is 0 Å². The van der Waals surface area contributed by atoms with E-state index in [1.54, 1.807) is 6.20 Å². The molecule has 0 N–H and O–H groups in total. The molecule has 72 valence electrons. The van der Waals surface area contributed by atoms with Crippen LogP contribution in [0.1, 0.15) is 31.4 Å². The Bertz CT molecular complexity index is 340. The van der Waals surface area contributed by atoms with Gasteiger partial charge in [-0.05, 0) is 25.5 Å². The quantitative estimate of drug-likeness (QED) is 0.726. The molecule has 1 aromatic rings. The summed E-state index contributed by atoms with van der Waals surface area (Å²) in [6.07, 6.45) is 2.61. The third-order valence-electron chi connectivity index (χ3n) is 2.08. The molecule has 1 heterocycles. The zero-order chi connectivity index (χ0) is 10.4. The number of pyridine rings is 1. The van der Waals surface area contributed by atoms with Gasteiger partial charge in [0.25, 0.3) is 0 Å². The number of ketones is 1. The van der Waals surface area contributed by atoms with Crippen LogP contribution in [0.4, 0.5) is 0 Å². The van der Waals surface area contributed by atoms with Crippen LogP contribution in [0.5, 0.6) is 0 Å². The molecule has 0 aliphatic rings. The van der Waals surface area contributed by atoms with E-state index >= 15 is 0 Å². The number of hydrogen-bond acceptors (Lipinski definition) is 3. The number of carbonyl (C=O) groups excluding carboxylic acids is 1. The van der Waals surface area contributed by atoms with Gasteiger partial charge in [0.1, 0.15) is 5.78 Å². The van der Waals surface area contributed by atoms with E-state index in [2.05, 4.69) is 4.98 Å². The van der Waals surface area contributed by atoms with Crippen LogP contribution in [-0.2, 0) is 4.79 Å². The Balaban J connectivity index is 2.79. The molecular formula is C11H12N2O. The fourth-order valence-corrected chi connectivity index (χ4v) is 1.35. The van der Waals surface area contributed by atoms with Gasteiger partial charge < -0.3 is 0 Å². The van der Waals surface area contributed by atoms with Gasteiger partial charge >= 0.3 is 0 Å². The highest BCUT2D eigenvalue weighted by Crippen LogP contribution is 2.19.